The van der Waals surface area contributed by atoms with Gasteiger partial charge in [0.05, 0.1) is 11.5 Å². The Morgan fingerprint density at radius 1 is 1.16 bits per heavy atom. The maximum Gasteiger partial charge on any atom is 0.250 e. The molecule has 1 aliphatic rings. The number of hydrogen-bond donors (Lipinski definition) is 1. The Labute approximate surface area is 155 Å². The average molecular weight is 377 g/mol. The second-order valence-corrected chi connectivity index (χ2v) is 6.82. The van der Waals surface area contributed by atoms with E-state index in [2.05, 4.69) is 10.5 Å². The normalized spacial score (nSPS) is 13.4. The van der Waals surface area contributed by atoms with Crippen LogP contribution in [0.25, 0.3) is 0 Å². The van der Waals surface area contributed by atoms with Gasteiger partial charge in [0, 0.05) is 15.5 Å². The lowest BCUT2D eigenvalue weighted by Crippen LogP contribution is -2.21. The highest BCUT2D eigenvalue weighted by molar-refractivity contribution is 8.00. The van der Waals surface area contributed by atoms with Gasteiger partial charge < -0.3 is 9.47 Å². The van der Waals surface area contributed by atoms with Crippen molar-refractivity contribution in [3.8, 4) is 11.5 Å². The number of nitrogens with one attached hydrogen (secondary N) is 1. The predicted molar refractivity (Wildman–Crippen MR) is 100.0 cm³/mol. The topological polar surface area (TPSA) is 59.9 Å². The molecule has 0 spiro atoms. The Kier molecular flexibility index (Phi) is 5.83. The monoisotopic (exact) mass is 376 g/mol. The molecule has 1 aliphatic heterocycles. The van der Waals surface area contributed by atoms with Gasteiger partial charge in [0.25, 0.3) is 0 Å². The molecular formula is C18H17ClN2O3S. The van der Waals surface area contributed by atoms with E-state index >= 15 is 0 Å². The molecule has 130 valence electrons. The van der Waals surface area contributed by atoms with Gasteiger partial charge in [0.2, 0.25) is 5.91 Å². The molecule has 25 heavy (non-hydrogen) atoms. The summed E-state index contributed by atoms with van der Waals surface area (Å²) in [7, 11) is 0. The summed E-state index contributed by atoms with van der Waals surface area (Å²) in [5.41, 5.74) is 4.14. The van der Waals surface area contributed by atoms with Crippen molar-refractivity contribution < 1.29 is 14.3 Å². The Morgan fingerprint density at radius 2 is 1.88 bits per heavy atom. The smallest absolute Gasteiger partial charge is 0.250 e. The summed E-state index contributed by atoms with van der Waals surface area (Å²) in [4.78, 5) is 12.9. The van der Waals surface area contributed by atoms with Gasteiger partial charge >= 0.3 is 0 Å². The van der Waals surface area contributed by atoms with Crippen molar-refractivity contribution in [2.24, 2.45) is 5.10 Å². The Morgan fingerprint density at radius 3 is 2.64 bits per heavy atom. The Balaban J connectivity index is 1.55. The zero-order chi connectivity index (χ0) is 17.6. The fraction of sp³-hybridized carbons (Fsp3) is 0.222. The molecule has 0 aromatic heterocycles. The summed E-state index contributed by atoms with van der Waals surface area (Å²) in [5.74, 6) is 1.53. The van der Waals surface area contributed by atoms with E-state index in [1.54, 1.807) is 12.1 Å². The molecule has 0 radical (unpaired) electrons. The van der Waals surface area contributed by atoms with Crippen molar-refractivity contribution in [1.82, 2.24) is 5.43 Å². The van der Waals surface area contributed by atoms with Crippen molar-refractivity contribution in [3.63, 3.8) is 0 Å². The summed E-state index contributed by atoms with van der Waals surface area (Å²) < 4.78 is 11.0. The largest absolute Gasteiger partial charge is 0.486 e. The molecule has 5 nitrogen and oxygen atoms in total. The third kappa shape index (κ3) is 4.90. The van der Waals surface area contributed by atoms with E-state index in [1.165, 1.54) is 11.8 Å². The van der Waals surface area contributed by atoms with Crippen LogP contribution in [0.4, 0.5) is 0 Å². The molecule has 0 bridgehead atoms. The Bertz CT molecular complexity index is 793. The van der Waals surface area contributed by atoms with Crippen LogP contribution < -0.4 is 14.9 Å². The molecule has 3 rings (SSSR count). The number of amides is 1. The zero-order valence-electron chi connectivity index (χ0n) is 13.6. The van der Waals surface area contributed by atoms with Crippen LogP contribution in [0, 0.1) is 0 Å². The molecule has 2 aromatic rings. The third-order valence-electron chi connectivity index (χ3n) is 3.49. The second-order valence-electron chi connectivity index (χ2n) is 5.33. The predicted octanol–water partition coefficient (Wildman–Crippen LogP) is 3.74. The molecule has 0 saturated heterocycles. The zero-order valence-corrected chi connectivity index (χ0v) is 15.2. The summed E-state index contributed by atoms with van der Waals surface area (Å²) >= 11 is 7.27. The summed E-state index contributed by atoms with van der Waals surface area (Å²) in [5, 5.41) is 4.83. The first-order chi connectivity index (χ1) is 12.1. The van der Waals surface area contributed by atoms with Crippen molar-refractivity contribution in [1.29, 1.82) is 0 Å². The molecule has 0 unspecified atom stereocenters. The van der Waals surface area contributed by atoms with E-state index in [1.807, 2.05) is 37.3 Å². The first-order valence-electron chi connectivity index (χ1n) is 7.73. The minimum atomic E-state index is -0.170. The van der Waals surface area contributed by atoms with Crippen molar-refractivity contribution in [2.75, 3.05) is 19.0 Å². The number of hydrazone groups is 1. The summed E-state index contributed by atoms with van der Waals surface area (Å²) in [6.45, 7) is 2.92. The number of fused-ring (bicyclic) bond motifs is 1. The van der Waals surface area contributed by atoms with Gasteiger partial charge in [0.15, 0.2) is 11.5 Å². The quantitative estimate of drug-likeness (QED) is 0.490. The third-order valence-corrected chi connectivity index (χ3v) is 4.76. The molecule has 1 amide bonds. The average Bonchev–Trinajstić information content (AvgIpc) is 2.65. The van der Waals surface area contributed by atoms with Crippen LogP contribution in [0.1, 0.15) is 12.5 Å². The number of benzene rings is 2. The molecule has 0 atom stereocenters. The number of ether oxygens (including phenoxy) is 2. The highest BCUT2D eigenvalue weighted by Crippen LogP contribution is 2.30. The number of carbonyl (C=O) groups excluding carboxylic acids is 1. The maximum absolute atomic E-state index is 11.9. The fourth-order valence-electron chi connectivity index (χ4n) is 2.19. The molecule has 7 heteroatoms. The standard InChI is InChI=1S/C18H17ClN2O3S/c1-12(13-2-7-16-17(10-13)24-9-8-23-16)20-21-18(22)11-25-15-5-3-14(19)4-6-15/h2-7,10H,8-9,11H2,1H3,(H,21,22)/b20-12-. The van der Waals surface area contributed by atoms with Crippen LogP contribution in [0.3, 0.4) is 0 Å². The summed E-state index contributed by atoms with van der Waals surface area (Å²) in [6, 6.07) is 13.0. The van der Waals surface area contributed by atoms with Crippen molar-refractivity contribution in [2.45, 2.75) is 11.8 Å². The first-order valence-corrected chi connectivity index (χ1v) is 9.10. The molecule has 1 heterocycles. The number of halogens is 1. The van der Waals surface area contributed by atoms with Crippen molar-refractivity contribution in [3.05, 3.63) is 53.1 Å². The molecule has 1 N–H and O–H groups in total. The minimum absolute atomic E-state index is 0.170. The molecule has 2 aromatic carbocycles. The van der Waals surface area contributed by atoms with Gasteiger partial charge in [0.1, 0.15) is 13.2 Å². The number of nitrogens with zero attached hydrogens (tertiary/aromatic N) is 1. The molecular weight excluding hydrogens is 360 g/mol. The van der Waals surface area contributed by atoms with Crippen LogP contribution in [0.5, 0.6) is 11.5 Å². The number of hydrogen-bond acceptors (Lipinski definition) is 5. The van der Waals surface area contributed by atoms with E-state index in [0.717, 1.165) is 16.2 Å². The summed E-state index contributed by atoms with van der Waals surface area (Å²) in [6.07, 6.45) is 0. The lowest BCUT2D eigenvalue weighted by molar-refractivity contribution is -0.118. The lowest BCUT2D eigenvalue weighted by Gasteiger charge is -2.18. The first kappa shape index (κ1) is 17.6. The Hall–Kier alpha value is -2.18. The van der Waals surface area contributed by atoms with E-state index in [9.17, 15) is 4.79 Å². The number of thioether (sulfide) groups is 1. The number of rotatable bonds is 5. The van der Waals surface area contributed by atoms with Crippen LogP contribution >= 0.6 is 23.4 Å². The van der Waals surface area contributed by atoms with Crippen LogP contribution in [0.15, 0.2) is 52.5 Å². The second kappa shape index (κ2) is 8.27. The van der Waals surface area contributed by atoms with Gasteiger partial charge in [-0.2, -0.15) is 5.10 Å². The lowest BCUT2D eigenvalue weighted by atomic mass is 10.1. The van der Waals surface area contributed by atoms with Gasteiger partial charge in [-0.25, -0.2) is 5.43 Å². The molecule has 0 saturated carbocycles. The van der Waals surface area contributed by atoms with Gasteiger partial charge in [-0.1, -0.05) is 11.6 Å². The SMILES string of the molecule is C/C(=N/NC(=O)CSc1ccc(Cl)cc1)c1ccc2c(c1)OCCO2. The van der Waals surface area contributed by atoms with Gasteiger partial charge in [-0.05, 0) is 49.4 Å². The van der Waals surface area contributed by atoms with Crippen LogP contribution in [0.2, 0.25) is 5.02 Å². The molecule has 0 fully saturated rings. The highest BCUT2D eigenvalue weighted by atomic mass is 35.5. The van der Waals surface area contributed by atoms with Crippen molar-refractivity contribution >= 4 is 35.0 Å². The van der Waals surface area contributed by atoms with Gasteiger partial charge in [-0.15, -0.1) is 11.8 Å². The number of carbonyl (C=O) groups is 1. The van der Waals surface area contributed by atoms with E-state index in [-0.39, 0.29) is 11.7 Å². The highest BCUT2D eigenvalue weighted by Gasteiger charge is 2.12. The molecule has 0 aliphatic carbocycles. The minimum Gasteiger partial charge on any atom is -0.486 e. The van der Waals surface area contributed by atoms with E-state index < -0.39 is 0 Å². The maximum atomic E-state index is 11.9. The van der Waals surface area contributed by atoms with Crippen LogP contribution in [-0.4, -0.2) is 30.6 Å². The van der Waals surface area contributed by atoms with Gasteiger partial charge in [-0.3, -0.25) is 4.79 Å². The van der Waals surface area contributed by atoms with E-state index in [4.69, 9.17) is 21.1 Å². The fourth-order valence-corrected chi connectivity index (χ4v) is 3.01. The van der Waals surface area contributed by atoms with Crippen LogP contribution in [-0.2, 0) is 4.79 Å². The van der Waals surface area contributed by atoms with E-state index in [0.29, 0.717) is 29.7 Å².